The van der Waals surface area contributed by atoms with Gasteiger partial charge in [0.15, 0.2) is 5.78 Å². The fraction of sp³-hybridized carbons (Fsp3) is 0.417. The Kier molecular flexibility index (Phi) is 2.60. The lowest BCUT2D eigenvalue weighted by atomic mass is 9.97. The molecular formula is C12H13ClOS. The molecule has 1 unspecified atom stereocenters. The van der Waals surface area contributed by atoms with E-state index in [0.29, 0.717) is 0 Å². The lowest BCUT2D eigenvalue weighted by molar-refractivity contribution is 0.0972. The van der Waals surface area contributed by atoms with Crippen LogP contribution in [0.2, 0.25) is 0 Å². The summed E-state index contributed by atoms with van der Waals surface area (Å²) in [6.45, 7) is 6.01. The molecule has 1 aliphatic heterocycles. The molecule has 0 amide bonds. The second-order valence-electron chi connectivity index (χ2n) is 4.43. The first-order valence-corrected chi connectivity index (χ1v) is 6.15. The van der Waals surface area contributed by atoms with Crippen LogP contribution in [0, 0.1) is 6.92 Å². The Morgan fingerprint density at radius 3 is 2.73 bits per heavy atom. The molecule has 3 heteroatoms. The molecule has 0 aliphatic carbocycles. The Labute approximate surface area is 99.2 Å². The third-order valence-corrected chi connectivity index (χ3v) is 4.82. The lowest BCUT2D eigenvalue weighted by Crippen LogP contribution is -2.38. The van der Waals surface area contributed by atoms with Crippen LogP contribution < -0.4 is 0 Å². The molecular weight excluding hydrogens is 228 g/mol. The molecule has 1 aromatic rings. The number of aryl methyl sites for hydroxylation is 1. The van der Waals surface area contributed by atoms with Gasteiger partial charge in [-0.05, 0) is 32.9 Å². The zero-order chi connectivity index (χ0) is 11.2. The minimum atomic E-state index is -0.434. The SMILES string of the molecule is Cc1ccc2c(c1)C(=O)C(Cl)C(C)(C)S2. The van der Waals surface area contributed by atoms with E-state index in [9.17, 15) is 4.79 Å². The van der Waals surface area contributed by atoms with E-state index in [0.717, 1.165) is 16.0 Å². The smallest absolute Gasteiger partial charge is 0.183 e. The molecule has 80 valence electrons. The third-order valence-electron chi connectivity index (χ3n) is 2.61. The van der Waals surface area contributed by atoms with Gasteiger partial charge in [-0.15, -0.1) is 23.4 Å². The van der Waals surface area contributed by atoms with E-state index in [-0.39, 0.29) is 10.5 Å². The second-order valence-corrected chi connectivity index (χ2v) is 6.56. The summed E-state index contributed by atoms with van der Waals surface area (Å²) in [7, 11) is 0. The van der Waals surface area contributed by atoms with E-state index in [1.165, 1.54) is 0 Å². The van der Waals surface area contributed by atoms with Crippen LogP contribution in [0.1, 0.15) is 29.8 Å². The summed E-state index contributed by atoms with van der Waals surface area (Å²) in [5, 5.41) is -0.434. The van der Waals surface area contributed by atoms with Crippen molar-refractivity contribution in [3.05, 3.63) is 29.3 Å². The normalized spacial score (nSPS) is 23.7. The number of alkyl halides is 1. The van der Waals surface area contributed by atoms with Crippen molar-refractivity contribution in [3.8, 4) is 0 Å². The number of ketones is 1. The van der Waals surface area contributed by atoms with Crippen LogP contribution in [0.3, 0.4) is 0 Å². The first kappa shape index (κ1) is 11.0. The second kappa shape index (κ2) is 3.53. The van der Waals surface area contributed by atoms with Crippen LogP contribution in [0.15, 0.2) is 23.1 Å². The molecule has 1 aromatic carbocycles. The minimum Gasteiger partial charge on any atom is -0.292 e. The van der Waals surface area contributed by atoms with E-state index in [1.54, 1.807) is 11.8 Å². The Morgan fingerprint density at radius 1 is 1.40 bits per heavy atom. The average Bonchev–Trinajstić information content (AvgIpc) is 2.16. The Hall–Kier alpha value is -0.470. The van der Waals surface area contributed by atoms with Crippen LogP contribution in [0.5, 0.6) is 0 Å². The number of carbonyl (C=O) groups excluding carboxylic acids is 1. The molecule has 2 rings (SSSR count). The Balaban J connectivity index is 2.55. The molecule has 0 aromatic heterocycles. The Morgan fingerprint density at radius 2 is 2.07 bits per heavy atom. The van der Waals surface area contributed by atoms with E-state index < -0.39 is 5.38 Å². The summed E-state index contributed by atoms with van der Waals surface area (Å²) in [5.74, 6) is 0.0547. The maximum atomic E-state index is 12.0. The molecule has 1 nitrogen and oxygen atoms in total. The number of thioether (sulfide) groups is 1. The number of hydrogen-bond donors (Lipinski definition) is 0. The van der Waals surface area contributed by atoms with Crippen LogP contribution in [0.4, 0.5) is 0 Å². The van der Waals surface area contributed by atoms with Crippen molar-refractivity contribution >= 4 is 29.1 Å². The van der Waals surface area contributed by atoms with Gasteiger partial charge < -0.3 is 0 Å². The topological polar surface area (TPSA) is 17.1 Å². The summed E-state index contributed by atoms with van der Waals surface area (Å²) in [5.41, 5.74) is 1.88. The molecule has 0 N–H and O–H groups in total. The van der Waals surface area contributed by atoms with Crippen molar-refractivity contribution in [2.45, 2.75) is 35.8 Å². The lowest BCUT2D eigenvalue weighted by Gasteiger charge is -2.34. The first-order chi connectivity index (χ1) is 6.92. The predicted octanol–water partition coefficient (Wildman–Crippen LogP) is 3.67. The summed E-state index contributed by atoms with van der Waals surface area (Å²) in [6.07, 6.45) is 0. The molecule has 0 radical (unpaired) electrons. The van der Waals surface area contributed by atoms with Crippen LogP contribution in [-0.4, -0.2) is 15.9 Å². The number of benzene rings is 1. The van der Waals surface area contributed by atoms with E-state index in [4.69, 9.17) is 11.6 Å². The quantitative estimate of drug-likeness (QED) is 0.644. The number of Topliss-reactive ketones (excluding diaryl/α,β-unsaturated/α-hetero) is 1. The zero-order valence-corrected chi connectivity index (χ0v) is 10.6. The first-order valence-electron chi connectivity index (χ1n) is 4.90. The van der Waals surface area contributed by atoms with Crippen molar-refractivity contribution in [1.82, 2.24) is 0 Å². The van der Waals surface area contributed by atoms with Gasteiger partial charge in [0.25, 0.3) is 0 Å². The van der Waals surface area contributed by atoms with Gasteiger partial charge in [-0.1, -0.05) is 11.6 Å². The van der Waals surface area contributed by atoms with E-state index in [1.807, 2.05) is 39.0 Å². The maximum absolute atomic E-state index is 12.0. The number of rotatable bonds is 0. The predicted molar refractivity (Wildman–Crippen MR) is 65.1 cm³/mol. The molecule has 0 spiro atoms. The van der Waals surface area contributed by atoms with Gasteiger partial charge in [0.05, 0.1) is 0 Å². The fourth-order valence-electron chi connectivity index (χ4n) is 1.71. The van der Waals surface area contributed by atoms with Crippen LogP contribution in [-0.2, 0) is 0 Å². The van der Waals surface area contributed by atoms with Crippen molar-refractivity contribution in [1.29, 1.82) is 0 Å². The highest BCUT2D eigenvalue weighted by Crippen LogP contribution is 2.45. The largest absolute Gasteiger partial charge is 0.292 e. The van der Waals surface area contributed by atoms with Gasteiger partial charge in [-0.3, -0.25) is 4.79 Å². The van der Waals surface area contributed by atoms with Crippen LogP contribution in [0.25, 0.3) is 0 Å². The summed E-state index contributed by atoms with van der Waals surface area (Å²) >= 11 is 7.85. The fourth-order valence-corrected chi connectivity index (χ4v) is 3.15. The van der Waals surface area contributed by atoms with Gasteiger partial charge in [0, 0.05) is 15.2 Å². The molecule has 1 aliphatic rings. The average molecular weight is 241 g/mol. The highest BCUT2D eigenvalue weighted by molar-refractivity contribution is 8.01. The number of hydrogen-bond acceptors (Lipinski definition) is 2. The van der Waals surface area contributed by atoms with Crippen molar-refractivity contribution in [2.24, 2.45) is 0 Å². The van der Waals surface area contributed by atoms with Crippen molar-refractivity contribution in [2.75, 3.05) is 0 Å². The zero-order valence-electron chi connectivity index (χ0n) is 9.00. The number of carbonyl (C=O) groups is 1. The van der Waals surface area contributed by atoms with Crippen LogP contribution >= 0.6 is 23.4 Å². The monoisotopic (exact) mass is 240 g/mol. The summed E-state index contributed by atoms with van der Waals surface area (Å²) < 4.78 is -0.221. The van der Waals surface area contributed by atoms with E-state index in [2.05, 4.69) is 0 Å². The van der Waals surface area contributed by atoms with Crippen molar-refractivity contribution < 1.29 is 4.79 Å². The summed E-state index contributed by atoms with van der Waals surface area (Å²) in [6, 6.07) is 5.97. The molecule has 0 saturated heterocycles. The Bertz CT molecular complexity index is 426. The molecule has 0 fully saturated rings. The van der Waals surface area contributed by atoms with Gasteiger partial charge in [-0.25, -0.2) is 0 Å². The number of halogens is 1. The molecule has 15 heavy (non-hydrogen) atoms. The third kappa shape index (κ3) is 1.81. The molecule has 0 bridgehead atoms. The van der Waals surface area contributed by atoms with Gasteiger partial charge in [-0.2, -0.15) is 0 Å². The van der Waals surface area contributed by atoms with Crippen molar-refractivity contribution in [3.63, 3.8) is 0 Å². The highest BCUT2D eigenvalue weighted by atomic mass is 35.5. The summed E-state index contributed by atoms with van der Waals surface area (Å²) in [4.78, 5) is 13.1. The minimum absolute atomic E-state index is 0.0547. The standard InChI is InChI=1S/C12H13ClOS/c1-7-4-5-9-8(6-7)10(14)11(13)12(2,3)15-9/h4-6,11H,1-3H3. The van der Waals surface area contributed by atoms with E-state index >= 15 is 0 Å². The van der Waals surface area contributed by atoms with Gasteiger partial charge >= 0.3 is 0 Å². The molecule has 1 heterocycles. The molecule has 1 atom stereocenters. The number of fused-ring (bicyclic) bond motifs is 1. The van der Waals surface area contributed by atoms with Gasteiger partial charge in [0.1, 0.15) is 5.38 Å². The van der Waals surface area contributed by atoms with Gasteiger partial charge in [0.2, 0.25) is 0 Å². The molecule has 0 saturated carbocycles. The maximum Gasteiger partial charge on any atom is 0.183 e. The highest BCUT2D eigenvalue weighted by Gasteiger charge is 2.40.